The SMILES string of the molecule is COc1ccc(Nc2n[nH]nc2C(=O)Nc2ccc3c(c2)OCCO3)cc1. The van der Waals surface area contributed by atoms with E-state index in [0.717, 1.165) is 11.4 Å². The summed E-state index contributed by atoms with van der Waals surface area (Å²) in [4.78, 5) is 12.6. The van der Waals surface area contributed by atoms with Crippen LogP contribution in [-0.4, -0.2) is 41.6 Å². The van der Waals surface area contributed by atoms with Gasteiger partial charge in [-0.3, -0.25) is 4.79 Å². The normalized spacial score (nSPS) is 12.3. The maximum atomic E-state index is 12.6. The van der Waals surface area contributed by atoms with Crippen LogP contribution in [-0.2, 0) is 0 Å². The molecule has 2 aromatic carbocycles. The van der Waals surface area contributed by atoms with E-state index in [1.165, 1.54) is 0 Å². The first-order chi connectivity index (χ1) is 13.2. The zero-order valence-corrected chi connectivity index (χ0v) is 14.5. The van der Waals surface area contributed by atoms with Crippen molar-refractivity contribution in [2.24, 2.45) is 0 Å². The van der Waals surface area contributed by atoms with E-state index in [4.69, 9.17) is 14.2 Å². The van der Waals surface area contributed by atoms with Gasteiger partial charge in [0.15, 0.2) is 23.0 Å². The van der Waals surface area contributed by atoms with E-state index in [1.807, 2.05) is 12.1 Å². The number of aromatic nitrogens is 3. The third-order valence-corrected chi connectivity index (χ3v) is 3.92. The smallest absolute Gasteiger partial charge is 0.280 e. The highest BCUT2D eigenvalue weighted by Gasteiger charge is 2.18. The maximum Gasteiger partial charge on any atom is 0.280 e. The average molecular weight is 367 g/mol. The van der Waals surface area contributed by atoms with Gasteiger partial charge in [-0.15, -0.1) is 10.2 Å². The number of carbonyl (C=O) groups excluding carboxylic acids is 1. The van der Waals surface area contributed by atoms with Gasteiger partial charge < -0.3 is 24.8 Å². The zero-order chi connectivity index (χ0) is 18.6. The second kappa shape index (κ2) is 7.24. The molecule has 1 aliphatic rings. The van der Waals surface area contributed by atoms with Gasteiger partial charge in [0.05, 0.1) is 7.11 Å². The van der Waals surface area contributed by atoms with Crippen LogP contribution in [0.1, 0.15) is 10.5 Å². The predicted molar refractivity (Wildman–Crippen MR) is 98.0 cm³/mol. The van der Waals surface area contributed by atoms with E-state index in [9.17, 15) is 4.79 Å². The first-order valence-electron chi connectivity index (χ1n) is 8.26. The molecule has 3 N–H and O–H groups in total. The summed E-state index contributed by atoms with van der Waals surface area (Å²) in [5, 5.41) is 16.2. The molecule has 27 heavy (non-hydrogen) atoms. The van der Waals surface area contributed by atoms with Crippen molar-refractivity contribution in [3.05, 3.63) is 48.2 Å². The molecule has 0 saturated carbocycles. The maximum absolute atomic E-state index is 12.6. The van der Waals surface area contributed by atoms with Gasteiger partial charge in [0.25, 0.3) is 5.91 Å². The molecule has 1 amide bonds. The molecule has 9 heteroatoms. The Kier molecular flexibility index (Phi) is 4.48. The second-order valence-electron chi connectivity index (χ2n) is 5.69. The number of benzene rings is 2. The summed E-state index contributed by atoms with van der Waals surface area (Å²) in [6.07, 6.45) is 0. The van der Waals surface area contributed by atoms with Crippen molar-refractivity contribution in [2.75, 3.05) is 31.0 Å². The average Bonchev–Trinajstić information content (AvgIpc) is 3.17. The van der Waals surface area contributed by atoms with Crippen molar-refractivity contribution in [3.8, 4) is 17.2 Å². The molecule has 2 heterocycles. The molecular weight excluding hydrogens is 350 g/mol. The van der Waals surface area contributed by atoms with E-state index in [1.54, 1.807) is 37.4 Å². The fourth-order valence-corrected chi connectivity index (χ4v) is 2.60. The lowest BCUT2D eigenvalue weighted by Crippen LogP contribution is -2.17. The second-order valence-corrected chi connectivity index (χ2v) is 5.69. The standard InChI is InChI=1S/C18H17N5O4/c1-25-13-5-2-11(3-6-13)19-17-16(21-23-22-17)18(24)20-12-4-7-14-15(10-12)27-9-8-26-14/h2-7,10H,8-9H2,1H3,(H,20,24)(H2,19,21,22,23). The number of methoxy groups -OCH3 is 1. The number of aromatic amines is 1. The number of anilines is 3. The largest absolute Gasteiger partial charge is 0.497 e. The van der Waals surface area contributed by atoms with Gasteiger partial charge in [-0.25, -0.2) is 0 Å². The lowest BCUT2D eigenvalue weighted by Gasteiger charge is -2.18. The number of ether oxygens (including phenoxy) is 3. The van der Waals surface area contributed by atoms with Crippen LogP contribution in [0.4, 0.5) is 17.2 Å². The summed E-state index contributed by atoms with van der Waals surface area (Å²) in [6.45, 7) is 0.988. The molecule has 3 aromatic rings. The van der Waals surface area contributed by atoms with Crippen LogP contribution in [0.15, 0.2) is 42.5 Å². The number of nitrogens with one attached hydrogen (secondary N) is 3. The number of nitrogens with zero attached hydrogens (tertiary/aromatic N) is 2. The topological polar surface area (TPSA) is 110 Å². The van der Waals surface area contributed by atoms with Crippen molar-refractivity contribution < 1.29 is 19.0 Å². The van der Waals surface area contributed by atoms with Gasteiger partial charge in [0.2, 0.25) is 0 Å². The number of hydrogen-bond acceptors (Lipinski definition) is 7. The van der Waals surface area contributed by atoms with E-state index in [2.05, 4.69) is 26.0 Å². The number of hydrogen-bond donors (Lipinski definition) is 3. The first-order valence-corrected chi connectivity index (χ1v) is 8.26. The summed E-state index contributed by atoms with van der Waals surface area (Å²) < 4.78 is 16.1. The van der Waals surface area contributed by atoms with Crippen LogP contribution in [0.5, 0.6) is 17.2 Å². The minimum Gasteiger partial charge on any atom is -0.497 e. The third kappa shape index (κ3) is 3.61. The molecule has 1 aromatic heterocycles. The molecule has 4 rings (SSSR count). The van der Waals surface area contributed by atoms with Gasteiger partial charge in [-0.2, -0.15) is 5.21 Å². The highest BCUT2D eigenvalue weighted by molar-refractivity contribution is 6.06. The van der Waals surface area contributed by atoms with E-state index in [0.29, 0.717) is 36.2 Å². The Morgan fingerprint density at radius 1 is 1.04 bits per heavy atom. The molecule has 0 unspecified atom stereocenters. The Morgan fingerprint density at radius 2 is 1.78 bits per heavy atom. The van der Waals surface area contributed by atoms with Gasteiger partial charge >= 0.3 is 0 Å². The summed E-state index contributed by atoms with van der Waals surface area (Å²) in [7, 11) is 1.60. The molecule has 0 atom stereocenters. The molecule has 0 fully saturated rings. The molecule has 0 spiro atoms. The van der Waals surface area contributed by atoms with Crippen LogP contribution < -0.4 is 24.8 Å². The summed E-state index contributed by atoms with van der Waals surface area (Å²) in [6, 6.07) is 12.4. The third-order valence-electron chi connectivity index (χ3n) is 3.92. The van der Waals surface area contributed by atoms with Crippen molar-refractivity contribution in [1.82, 2.24) is 15.4 Å². The molecule has 0 radical (unpaired) electrons. The van der Waals surface area contributed by atoms with Crippen molar-refractivity contribution >= 4 is 23.1 Å². The summed E-state index contributed by atoms with van der Waals surface area (Å²) >= 11 is 0. The van der Waals surface area contributed by atoms with Crippen molar-refractivity contribution in [2.45, 2.75) is 0 Å². The minimum atomic E-state index is -0.406. The number of rotatable bonds is 5. The van der Waals surface area contributed by atoms with E-state index >= 15 is 0 Å². The molecule has 0 aliphatic carbocycles. The van der Waals surface area contributed by atoms with Gasteiger partial charge in [0, 0.05) is 17.4 Å². The Hall–Kier alpha value is -3.75. The Bertz CT molecular complexity index is 955. The molecule has 0 saturated heterocycles. The van der Waals surface area contributed by atoms with Crippen molar-refractivity contribution in [3.63, 3.8) is 0 Å². The monoisotopic (exact) mass is 367 g/mol. The number of carbonyl (C=O) groups is 1. The number of H-pyrrole nitrogens is 1. The van der Waals surface area contributed by atoms with Gasteiger partial charge in [0.1, 0.15) is 19.0 Å². The number of fused-ring (bicyclic) bond motifs is 1. The quantitative estimate of drug-likeness (QED) is 0.636. The molecule has 0 bridgehead atoms. The van der Waals surface area contributed by atoms with Gasteiger partial charge in [-0.05, 0) is 36.4 Å². The summed E-state index contributed by atoms with van der Waals surface area (Å²) in [5.74, 6) is 1.89. The number of amides is 1. The Balaban J connectivity index is 1.49. The lowest BCUT2D eigenvalue weighted by molar-refractivity contribution is 0.102. The first kappa shape index (κ1) is 16.7. The van der Waals surface area contributed by atoms with E-state index in [-0.39, 0.29) is 5.69 Å². The van der Waals surface area contributed by atoms with Crippen LogP contribution in [0.25, 0.3) is 0 Å². The highest BCUT2D eigenvalue weighted by Crippen LogP contribution is 2.32. The predicted octanol–water partition coefficient (Wildman–Crippen LogP) is 2.58. The Morgan fingerprint density at radius 3 is 2.56 bits per heavy atom. The lowest BCUT2D eigenvalue weighted by atomic mass is 10.2. The molecule has 138 valence electrons. The van der Waals surface area contributed by atoms with Crippen LogP contribution in [0.2, 0.25) is 0 Å². The van der Waals surface area contributed by atoms with Crippen LogP contribution in [0.3, 0.4) is 0 Å². The summed E-state index contributed by atoms with van der Waals surface area (Å²) in [5.41, 5.74) is 1.46. The molecule has 9 nitrogen and oxygen atoms in total. The minimum absolute atomic E-state index is 0.140. The highest BCUT2D eigenvalue weighted by atomic mass is 16.6. The van der Waals surface area contributed by atoms with Crippen LogP contribution in [0, 0.1) is 0 Å². The van der Waals surface area contributed by atoms with Crippen LogP contribution >= 0.6 is 0 Å². The molecular formula is C18H17N5O4. The Labute approximate surface area is 154 Å². The fourth-order valence-electron chi connectivity index (χ4n) is 2.60. The fraction of sp³-hybridized carbons (Fsp3) is 0.167. The zero-order valence-electron chi connectivity index (χ0n) is 14.5. The molecule has 1 aliphatic heterocycles. The van der Waals surface area contributed by atoms with Crippen molar-refractivity contribution in [1.29, 1.82) is 0 Å². The van der Waals surface area contributed by atoms with E-state index < -0.39 is 5.91 Å². The van der Waals surface area contributed by atoms with Gasteiger partial charge in [-0.1, -0.05) is 0 Å².